The summed E-state index contributed by atoms with van der Waals surface area (Å²) >= 11 is 0. The number of esters is 1. The number of fused-ring (bicyclic) bond motifs is 1. The quantitative estimate of drug-likeness (QED) is 0.384. The summed E-state index contributed by atoms with van der Waals surface area (Å²) < 4.78 is 18.7. The zero-order chi connectivity index (χ0) is 20.1. The maximum Gasteiger partial charge on any atom is 0.306 e. The lowest BCUT2D eigenvalue weighted by molar-refractivity contribution is -0.154. The number of carbonyl (C=O) groups is 1. The second-order valence-electron chi connectivity index (χ2n) is 7.99. The molecule has 0 N–H and O–H groups in total. The Kier molecular flexibility index (Phi) is 6.08. The van der Waals surface area contributed by atoms with Crippen molar-refractivity contribution < 1.29 is 13.9 Å². The van der Waals surface area contributed by atoms with E-state index in [0.29, 0.717) is 6.42 Å². The molecule has 0 aliphatic rings. The molecule has 3 rings (SSSR count). The Bertz CT molecular complexity index is 958. The lowest BCUT2D eigenvalue weighted by atomic mass is 9.98. The summed E-state index contributed by atoms with van der Waals surface area (Å²) in [6.07, 6.45) is 2.82. The molecule has 2 aromatic carbocycles. The fourth-order valence-corrected chi connectivity index (χ4v) is 3.19. The van der Waals surface area contributed by atoms with Crippen LogP contribution in [0, 0.1) is 5.82 Å². The van der Waals surface area contributed by atoms with Crippen LogP contribution in [0.3, 0.4) is 0 Å². The van der Waals surface area contributed by atoms with Gasteiger partial charge in [0, 0.05) is 17.4 Å². The molecule has 0 aliphatic heterocycles. The number of halogens is 1. The minimum Gasteiger partial charge on any atom is -0.460 e. The van der Waals surface area contributed by atoms with Crippen LogP contribution in [0.1, 0.15) is 45.6 Å². The Morgan fingerprint density at radius 2 is 1.75 bits per heavy atom. The molecule has 1 heterocycles. The van der Waals surface area contributed by atoms with Crippen molar-refractivity contribution in [2.24, 2.45) is 0 Å². The van der Waals surface area contributed by atoms with Gasteiger partial charge < -0.3 is 4.74 Å². The van der Waals surface area contributed by atoms with Crippen molar-refractivity contribution in [2.45, 2.75) is 52.1 Å². The van der Waals surface area contributed by atoms with Gasteiger partial charge in [-0.1, -0.05) is 18.2 Å². The molecule has 146 valence electrons. The van der Waals surface area contributed by atoms with E-state index in [9.17, 15) is 9.18 Å². The lowest BCUT2D eigenvalue weighted by Crippen LogP contribution is -2.23. The van der Waals surface area contributed by atoms with Crippen molar-refractivity contribution in [1.29, 1.82) is 0 Å². The molecule has 3 aromatic rings. The average molecular weight is 379 g/mol. The predicted molar refractivity (Wildman–Crippen MR) is 111 cm³/mol. The van der Waals surface area contributed by atoms with Crippen molar-refractivity contribution in [3.05, 3.63) is 66.0 Å². The maximum absolute atomic E-state index is 13.3. The van der Waals surface area contributed by atoms with Crippen LogP contribution in [0.5, 0.6) is 0 Å². The van der Waals surface area contributed by atoms with Crippen molar-refractivity contribution in [3.8, 4) is 11.3 Å². The van der Waals surface area contributed by atoms with Crippen LogP contribution in [0.15, 0.2) is 54.6 Å². The highest BCUT2D eigenvalue weighted by Crippen LogP contribution is 2.27. The highest BCUT2D eigenvalue weighted by atomic mass is 19.1. The Labute approximate surface area is 165 Å². The highest BCUT2D eigenvalue weighted by Gasteiger charge is 2.16. The number of benzene rings is 2. The fraction of sp³-hybridized carbons (Fsp3) is 0.333. The minimum atomic E-state index is -0.449. The monoisotopic (exact) mass is 379 g/mol. The first-order valence-electron chi connectivity index (χ1n) is 9.68. The van der Waals surface area contributed by atoms with E-state index in [1.807, 2.05) is 45.0 Å². The summed E-state index contributed by atoms with van der Waals surface area (Å²) in [5.74, 6) is -0.425. The molecule has 0 bridgehead atoms. The van der Waals surface area contributed by atoms with Crippen LogP contribution in [0.2, 0.25) is 0 Å². The Hall–Kier alpha value is -2.75. The molecule has 0 spiro atoms. The van der Waals surface area contributed by atoms with Crippen LogP contribution >= 0.6 is 0 Å². The van der Waals surface area contributed by atoms with Gasteiger partial charge >= 0.3 is 5.97 Å². The third-order valence-corrected chi connectivity index (χ3v) is 4.42. The second kappa shape index (κ2) is 8.51. The number of rotatable bonds is 6. The van der Waals surface area contributed by atoms with Gasteiger partial charge in [0.15, 0.2) is 0 Å². The molecule has 0 amide bonds. The van der Waals surface area contributed by atoms with E-state index in [1.54, 1.807) is 12.1 Å². The smallest absolute Gasteiger partial charge is 0.306 e. The molecule has 3 nitrogen and oxygen atoms in total. The van der Waals surface area contributed by atoms with Crippen LogP contribution in [-0.4, -0.2) is 16.6 Å². The lowest BCUT2D eigenvalue weighted by Gasteiger charge is -2.19. The van der Waals surface area contributed by atoms with Crippen molar-refractivity contribution in [1.82, 2.24) is 4.98 Å². The van der Waals surface area contributed by atoms with Gasteiger partial charge in [-0.3, -0.25) is 4.79 Å². The number of aryl methyl sites for hydroxylation is 1. The van der Waals surface area contributed by atoms with Gasteiger partial charge in [-0.25, -0.2) is 9.37 Å². The highest BCUT2D eigenvalue weighted by molar-refractivity contribution is 5.83. The fourth-order valence-electron chi connectivity index (χ4n) is 3.19. The summed E-state index contributed by atoms with van der Waals surface area (Å²) in [6, 6.07) is 16.6. The van der Waals surface area contributed by atoms with E-state index in [1.165, 1.54) is 12.1 Å². The van der Waals surface area contributed by atoms with Gasteiger partial charge in [0.05, 0.1) is 11.2 Å². The van der Waals surface area contributed by atoms with Crippen LogP contribution in [0.4, 0.5) is 4.39 Å². The summed E-state index contributed by atoms with van der Waals surface area (Å²) in [5, 5.41) is 1.08. The molecule has 4 heteroatoms. The summed E-state index contributed by atoms with van der Waals surface area (Å²) in [6.45, 7) is 5.63. The zero-order valence-electron chi connectivity index (χ0n) is 16.7. The van der Waals surface area contributed by atoms with Gasteiger partial charge in [-0.05, 0) is 82.0 Å². The molecule has 1 aromatic heterocycles. The second-order valence-corrected chi connectivity index (χ2v) is 7.99. The number of aromatic nitrogens is 1. The first-order chi connectivity index (χ1) is 13.3. The summed E-state index contributed by atoms with van der Waals surface area (Å²) in [4.78, 5) is 16.7. The van der Waals surface area contributed by atoms with Gasteiger partial charge in [0.25, 0.3) is 0 Å². The van der Waals surface area contributed by atoms with E-state index in [2.05, 4.69) is 6.07 Å². The van der Waals surface area contributed by atoms with E-state index >= 15 is 0 Å². The normalized spacial score (nSPS) is 11.6. The van der Waals surface area contributed by atoms with E-state index in [0.717, 1.165) is 47.0 Å². The number of carbonyl (C=O) groups excluding carboxylic acids is 1. The van der Waals surface area contributed by atoms with Crippen molar-refractivity contribution >= 4 is 16.9 Å². The van der Waals surface area contributed by atoms with E-state index in [4.69, 9.17) is 9.72 Å². The van der Waals surface area contributed by atoms with E-state index < -0.39 is 5.60 Å². The zero-order valence-corrected chi connectivity index (χ0v) is 16.7. The largest absolute Gasteiger partial charge is 0.460 e. The van der Waals surface area contributed by atoms with Gasteiger partial charge in [0.2, 0.25) is 0 Å². The maximum atomic E-state index is 13.3. The topological polar surface area (TPSA) is 39.2 Å². The number of ether oxygens (including phenoxy) is 1. The number of pyridine rings is 1. The molecule has 0 unspecified atom stereocenters. The Morgan fingerprint density at radius 1 is 1.04 bits per heavy atom. The van der Waals surface area contributed by atoms with Gasteiger partial charge in [0.1, 0.15) is 11.4 Å². The number of unbranched alkanes of at least 4 members (excludes halogenated alkanes) is 1. The molecule has 0 saturated carbocycles. The molecule has 0 fully saturated rings. The minimum absolute atomic E-state index is 0.164. The van der Waals surface area contributed by atoms with Gasteiger partial charge in [-0.2, -0.15) is 0 Å². The number of hydrogen-bond acceptors (Lipinski definition) is 3. The SMILES string of the molecule is CC(C)(C)OC(=O)CCCCc1cc2ccccc2nc1-c1ccc(F)cc1. The first kappa shape index (κ1) is 20.0. The van der Waals surface area contributed by atoms with Crippen molar-refractivity contribution in [2.75, 3.05) is 0 Å². The van der Waals surface area contributed by atoms with Crippen LogP contribution in [0.25, 0.3) is 22.2 Å². The summed E-state index contributed by atoms with van der Waals surface area (Å²) in [5.41, 5.74) is 3.34. The molecular formula is C24H26FNO2. The number of nitrogens with zero attached hydrogens (tertiary/aromatic N) is 1. The summed E-state index contributed by atoms with van der Waals surface area (Å²) in [7, 11) is 0. The molecule has 0 atom stereocenters. The van der Waals surface area contributed by atoms with Gasteiger partial charge in [-0.15, -0.1) is 0 Å². The molecule has 0 radical (unpaired) electrons. The third-order valence-electron chi connectivity index (χ3n) is 4.42. The van der Waals surface area contributed by atoms with Crippen molar-refractivity contribution in [3.63, 3.8) is 0 Å². The van der Waals surface area contributed by atoms with Crippen LogP contribution < -0.4 is 0 Å². The number of hydrogen-bond donors (Lipinski definition) is 0. The molecular weight excluding hydrogens is 353 g/mol. The number of para-hydroxylation sites is 1. The Morgan fingerprint density at radius 3 is 2.46 bits per heavy atom. The first-order valence-corrected chi connectivity index (χ1v) is 9.68. The third kappa shape index (κ3) is 5.38. The standard InChI is InChI=1S/C24H26FNO2/c1-24(2,3)28-22(27)11-7-5-9-19-16-18-8-4-6-10-21(18)26-23(19)17-12-14-20(25)15-13-17/h4,6,8,10,12-16H,5,7,9,11H2,1-3H3. The van der Waals surface area contributed by atoms with Crippen LogP contribution in [-0.2, 0) is 16.0 Å². The molecule has 0 aliphatic carbocycles. The average Bonchev–Trinajstić information content (AvgIpc) is 2.64. The predicted octanol–water partition coefficient (Wildman–Crippen LogP) is 6.10. The van der Waals surface area contributed by atoms with E-state index in [-0.39, 0.29) is 11.8 Å². The molecule has 28 heavy (non-hydrogen) atoms. The molecule has 0 saturated heterocycles. The Balaban J connectivity index is 1.76.